The van der Waals surface area contributed by atoms with Gasteiger partial charge in [0.05, 0.1) is 5.56 Å². The first-order valence-corrected chi connectivity index (χ1v) is 8.66. The largest absolute Gasteiger partial charge is 0.322 e. The van der Waals surface area contributed by atoms with Crippen molar-refractivity contribution in [1.82, 2.24) is 9.78 Å². The minimum Gasteiger partial charge on any atom is -0.322 e. The Morgan fingerprint density at radius 1 is 1.36 bits per heavy atom. The third-order valence-corrected chi connectivity index (χ3v) is 4.87. The van der Waals surface area contributed by atoms with E-state index in [1.54, 1.807) is 0 Å². The van der Waals surface area contributed by atoms with Gasteiger partial charge in [-0.15, -0.1) is 0 Å². The topological polar surface area (TPSA) is 46.9 Å². The zero-order chi connectivity index (χ0) is 18.0. The summed E-state index contributed by atoms with van der Waals surface area (Å²) in [6.45, 7) is 2.27. The molecule has 1 N–H and O–H groups in total. The second-order valence-corrected chi connectivity index (χ2v) is 6.87. The number of hydrogen-bond acceptors (Lipinski definition) is 2. The summed E-state index contributed by atoms with van der Waals surface area (Å²) < 4.78 is 27.3. The number of carbonyl (C=O) groups is 1. The minimum atomic E-state index is -2.78. The number of amides is 1. The van der Waals surface area contributed by atoms with E-state index in [9.17, 15) is 13.6 Å². The molecule has 1 fully saturated rings. The lowest BCUT2D eigenvalue weighted by Gasteiger charge is -2.14. The molecule has 1 heterocycles. The van der Waals surface area contributed by atoms with Crippen LogP contribution in [0.1, 0.15) is 54.2 Å². The lowest BCUT2D eigenvalue weighted by atomic mass is 9.96. The molecular formula is C19H23F2N3O. The molecule has 1 aliphatic rings. The Labute approximate surface area is 146 Å². The van der Waals surface area contributed by atoms with E-state index in [0.717, 1.165) is 24.3 Å². The molecule has 3 rings (SSSR count). The van der Waals surface area contributed by atoms with Gasteiger partial charge in [-0.3, -0.25) is 9.48 Å². The number of hydrogen-bond donors (Lipinski definition) is 1. The summed E-state index contributed by atoms with van der Waals surface area (Å²) in [7, 11) is 1.52. The monoisotopic (exact) mass is 347 g/mol. The van der Waals surface area contributed by atoms with Crippen LogP contribution >= 0.6 is 0 Å². The van der Waals surface area contributed by atoms with Gasteiger partial charge in [-0.2, -0.15) is 5.10 Å². The van der Waals surface area contributed by atoms with E-state index in [-0.39, 0.29) is 5.56 Å². The average molecular weight is 347 g/mol. The summed E-state index contributed by atoms with van der Waals surface area (Å²) in [6.07, 6.45) is 3.11. The van der Waals surface area contributed by atoms with Crippen molar-refractivity contribution in [2.45, 2.75) is 39.0 Å². The van der Waals surface area contributed by atoms with Crippen molar-refractivity contribution in [1.29, 1.82) is 0 Å². The summed E-state index contributed by atoms with van der Waals surface area (Å²) >= 11 is 0. The highest BCUT2D eigenvalue weighted by Crippen LogP contribution is 2.39. The lowest BCUT2D eigenvalue weighted by molar-refractivity contribution is 0.101. The van der Waals surface area contributed by atoms with Gasteiger partial charge < -0.3 is 5.32 Å². The normalized spacial score (nSPS) is 15.4. The van der Waals surface area contributed by atoms with E-state index in [2.05, 4.69) is 17.3 Å². The van der Waals surface area contributed by atoms with Crippen LogP contribution in [0.5, 0.6) is 0 Å². The van der Waals surface area contributed by atoms with Gasteiger partial charge in [0, 0.05) is 18.9 Å². The van der Waals surface area contributed by atoms with Crippen molar-refractivity contribution in [3.63, 3.8) is 0 Å². The first-order valence-electron chi connectivity index (χ1n) is 8.66. The van der Waals surface area contributed by atoms with Crippen molar-refractivity contribution < 1.29 is 13.6 Å². The summed E-state index contributed by atoms with van der Waals surface area (Å²) in [5, 5.41) is 6.47. The first kappa shape index (κ1) is 17.6. The van der Waals surface area contributed by atoms with Crippen LogP contribution in [0, 0.1) is 11.8 Å². The van der Waals surface area contributed by atoms with Gasteiger partial charge in [0.15, 0.2) is 0 Å². The van der Waals surface area contributed by atoms with Crippen LogP contribution in [0.3, 0.4) is 0 Å². The number of nitrogens with one attached hydrogen (secondary N) is 1. The maximum absolute atomic E-state index is 13.1. The van der Waals surface area contributed by atoms with Crippen molar-refractivity contribution >= 4 is 11.6 Å². The maximum Gasteiger partial charge on any atom is 0.282 e. The standard InChI is InChI=1S/C19H23F2N3O/c1-12(13-9-10-13)7-8-14-5-3-4-6-16(14)22-19(25)15-11-24(2)23-17(15)18(20)21/h3-6,11-13,18H,7-10H2,1-2H3,(H,22,25)/t12-/m0/s1. The molecule has 1 aromatic heterocycles. The fourth-order valence-corrected chi connectivity index (χ4v) is 3.18. The summed E-state index contributed by atoms with van der Waals surface area (Å²) in [6, 6.07) is 7.56. The number of rotatable bonds is 7. The number of anilines is 1. The average Bonchev–Trinajstić information content (AvgIpc) is 3.35. The van der Waals surface area contributed by atoms with Crippen LogP contribution in [0.15, 0.2) is 30.5 Å². The number of carbonyl (C=O) groups excluding carboxylic acids is 1. The number of halogens is 2. The number of nitrogens with zero attached hydrogens (tertiary/aromatic N) is 2. The molecule has 0 unspecified atom stereocenters. The SMILES string of the molecule is C[C@@H](CCc1ccccc1NC(=O)c1cn(C)nc1C(F)F)C1CC1. The van der Waals surface area contributed by atoms with Crippen LogP contribution in [-0.2, 0) is 13.5 Å². The Bertz CT molecular complexity index is 753. The van der Waals surface area contributed by atoms with Crippen molar-refractivity contribution in [3.05, 3.63) is 47.3 Å². The Morgan fingerprint density at radius 3 is 2.76 bits per heavy atom. The first-order chi connectivity index (χ1) is 12.0. The van der Waals surface area contributed by atoms with Crippen LogP contribution in [0.4, 0.5) is 14.5 Å². The Morgan fingerprint density at radius 2 is 2.08 bits per heavy atom. The summed E-state index contributed by atoms with van der Waals surface area (Å²) in [5.41, 5.74) is 1.14. The predicted molar refractivity (Wildman–Crippen MR) is 92.8 cm³/mol. The molecule has 1 aliphatic carbocycles. The van der Waals surface area contributed by atoms with E-state index in [4.69, 9.17) is 0 Å². The molecule has 0 aliphatic heterocycles. The lowest BCUT2D eigenvalue weighted by Crippen LogP contribution is -2.15. The van der Waals surface area contributed by atoms with Crippen LogP contribution < -0.4 is 5.32 Å². The van der Waals surface area contributed by atoms with E-state index in [1.807, 2.05) is 24.3 Å². The zero-order valence-corrected chi connectivity index (χ0v) is 14.5. The minimum absolute atomic E-state index is 0.0846. The summed E-state index contributed by atoms with van der Waals surface area (Å²) in [5.74, 6) is 0.962. The predicted octanol–water partition coefficient (Wildman–Crippen LogP) is 4.59. The van der Waals surface area contributed by atoms with Crippen molar-refractivity contribution in [2.75, 3.05) is 5.32 Å². The van der Waals surface area contributed by atoms with Gasteiger partial charge in [0.1, 0.15) is 5.69 Å². The van der Waals surface area contributed by atoms with E-state index in [0.29, 0.717) is 11.6 Å². The molecule has 134 valence electrons. The smallest absolute Gasteiger partial charge is 0.282 e. The highest BCUT2D eigenvalue weighted by molar-refractivity contribution is 6.05. The molecule has 0 spiro atoms. The molecule has 1 amide bonds. The molecule has 4 nitrogen and oxygen atoms in total. The number of para-hydroxylation sites is 1. The molecular weight excluding hydrogens is 324 g/mol. The van der Waals surface area contributed by atoms with Gasteiger partial charge in [0.2, 0.25) is 0 Å². The molecule has 2 aromatic rings. The zero-order valence-electron chi connectivity index (χ0n) is 14.5. The van der Waals surface area contributed by atoms with E-state index in [1.165, 1.54) is 30.8 Å². The fourth-order valence-electron chi connectivity index (χ4n) is 3.18. The van der Waals surface area contributed by atoms with Crippen molar-refractivity contribution in [3.8, 4) is 0 Å². The van der Waals surface area contributed by atoms with E-state index < -0.39 is 18.0 Å². The maximum atomic E-state index is 13.1. The molecule has 0 saturated heterocycles. The second kappa shape index (κ2) is 7.33. The molecule has 1 atom stereocenters. The van der Waals surface area contributed by atoms with Gasteiger partial charge in [0.25, 0.3) is 12.3 Å². The third kappa shape index (κ3) is 4.24. The van der Waals surface area contributed by atoms with Crippen molar-refractivity contribution in [2.24, 2.45) is 18.9 Å². The Balaban J connectivity index is 1.73. The van der Waals surface area contributed by atoms with Crippen LogP contribution in [0.2, 0.25) is 0 Å². The Hall–Kier alpha value is -2.24. The van der Waals surface area contributed by atoms with Gasteiger partial charge in [-0.25, -0.2) is 8.78 Å². The van der Waals surface area contributed by atoms with E-state index >= 15 is 0 Å². The quantitative estimate of drug-likeness (QED) is 0.796. The number of aromatic nitrogens is 2. The molecule has 0 radical (unpaired) electrons. The highest BCUT2D eigenvalue weighted by atomic mass is 19.3. The van der Waals surface area contributed by atoms with Gasteiger partial charge in [-0.05, 0) is 49.1 Å². The molecule has 1 aromatic carbocycles. The van der Waals surface area contributed by atoms with Gasteiger partial charge in [-0.1, -0.05) is 25.1 Å². The number of benzene rings is 1. The third-order valence-electron chi connectivity index (χ3n) is 4.87. The van der Waals surface area contributed by atoms with Crippen LogP contribution in [-0.4, -0.2) is 15.7 Å². The Kier molecular flexibility index (Phi) is 5.16. The molecule has 6 heteroatoms. The second-order valence-electron chi connectivity index (χ2n) is 6.87. The van der Waals surface area contributed by atoms with Crippen LogP contribution in [0.25, 0.3) is 0 Å². The molecule has 25 heavy (non-hydrogen) atoms. The highest BCUT2D eigenvalue weighted by Gasteiger charge is 2.27. The number of aryl methyl sites for hydroxylation is 2. The van der Waals surface area contributed by atoms with Gasteiger partial charge >= 0.3 is 0 Å². The summed E-state index contributed by atoms with van der Waals surface area (Å²) in [4.78, 5) is 12.5. The fraction of sp³-hybridized carbons (Fsp3) is 0.474. The number of alkyl halides is 2. The molecule has 0 bridgehead atoms. The molecule has 1 saturated carbocycles.